The van der Waals surface area contributed by atoms with E-state index in [4.69, 9.17) is 4.42 Å². The predicted octanol–water partition coefficient (Wildman–Crippen LogP) is 9.81. The normalized spacial score (nSPS) is 11.8. The lowest BCUT2D eigenvalue weighted by Gasteiger charge is -2.19. The molecule has 0 saturated carbocycles. The van der Waals surface area contributed by atoms with Gasteiger partial charge in [-0.3, -0.25) is 0 Å². The minimum Gasteiger partial charge on any atom is -0.456 e. The molecule has 2 heteroatoms. The standard InChI is InChI=1S/C35H28OSi/c1-21-5-11-26(12-6-21)37-34-19-24(4)8-14-28(34)27-13-7-22(2)18-31(27)35(37)25-10-16-33-30(20-25)29-17-23(3)9-15-32(29)36-33/h5-20H,1-4H3. The minimum atomic E-state index is -1.27. The summed E-state index contributed by atoms with van der Waals surface area (Å²) < 4.78 is 6.23. The van der Waals surface area contributed by atoms with E-state index < -0.39 is 8.40 Å². The molecule has 178 valence electrons. The van der Waals surface area contributed by atoms with Crippen molar-refractivity contribution in [2.24, 2.45) is 0 Å². The van der Waals surface area contributed by atoms with Crippen molar-refractivity contribution in [1.29, 1.82) is 0 Å². The van der Waals surface area contributed by atoms with E-state index in [-0.39, 0.29) is 0 Å². The Bertz CT molecular complexity index is 2010. The molecule has 0 aliphatic carbocycles. The third-order valence-corrected chi connectivity index (χ3v) is 10.6. The minimum absolute atomic E-state index is 0.950. The first-order chi connectivity index (χ1) is 18.0. The van der Waals surface area contributed by atoms with Gasteiger partial charge in [-0.1, -0.05) is 95.1 Å². The molecule has 0 aliphatic heterocycles. The van der Waals surface area contributed by atoms with Crippen LogP contribution in [-0.2, 0) is 0 Å². The van der Waals surface area contributed by atoms with Gasteiger partial charge in [-0.05, 0) is 89.0 Å². The van der Waals surface area contributed by atoms with Crippen LogP contribution in [-0.4, -0.2) is 8.40 Å². The molecule has 0 spiro atoms. The topological polar surface area (TPSA) is 13.1 Å². The first-order valence-corrected chi connectivity index (χ1v) is 14.4. The van der Waals surface area contributed by atoms with Crippen molar-refractivity contribution in [3.05, 3.63) is 119 Å². The van der Waals surface area contributed by atoms with Crippen LogP contribution >= 0.6 is 0 Å². The lowest BCUT2D eigenvalue weighted by atomic mass is 10.0. The molecule has 7 rings (SSSR count). The lowest BCUT2D eigenvalue weighted by Crippen LogP contribution is -2.06. The highest BCUT2D eigenvalue weighted by Crippen LogP contribution is 2.40. The van der Waals surface area contributed by atoms with E-state index in [0.717, 1.165) is 11.2 Å². The van der Waals surface area contributed by atoms with Gasteiger partial charge in [0, 0.05) is 10.8 Å². The zero-order valence-corrected chi connectivity index (χ0v) is 22.6. The zero-order chi connectivity index (χ0) is 25.3. The fourth-order valence-electron chi connectivity index (χ4n) is 5.84. The highest BCUT2D eigenvalue weighted by Gasteiger charge is 2.20. The maximum atomic E-state index is 6.23. The van der Waals surface area contributed by atoms with Gasteiger partial charge in [-0.15, -0.1) is 0 Å². The van der Waals surface area contributed by atoms with Gasteiger partial charge in [0.2, 0.25) is 0 Å². The fraction of sp³-hybridized carbons (Fsp3) is 0.114. The monoisotopic (exact) mass is 492 g/mol. The molecule has 0 aliphatic rings. The Kier molecular flexibility index (Phi) is 4.96. The molecule has 2 heterocycles. The summed E-state index contributed by atoms with van der Waals surface area (Å²) in [6.07, 6.45) is 0. The lowest BCUT2D eigenvalue weighted by molar-refractivity contribution is 0.669. The van der Waals surface area contributed by atoms with Crippen molar-refractivity contribution in [2.45, 2.75) is 27.7 Å². The van der Waals surface area contributed by atoms with E-state index in [0.29, 0.717) is 0 Å². The first kappa shape index (κ1) is 22.2. The third kappa shape index (κ3) is 3.55. The second kappa shape index (κ2) is 8.26. The molecule has 0 atom stereocenters. The molecule has 1 nitrogen and oxygen atoms in total. The molecule has 0 radical (unpaired) electrons. The average molecular weight is 493 g/mol. The molecule has 0 saturated heterocycles. The van der Waals surface area contributed by atoms with Crippen LogP contribution in [0.5, 0.6) is 0 Å². The SMILES string of the molecule is Cc1ccc(-[si]2c(-c3ccc4oc5ccc(C)cc5c4c3)c3cc(C)ccc3c3ccc(C)cc32)cc1. The van der Waals surface area contributed by atoms with Gasteiger partial charge in [0.15, 0.2) is 0 Å². The average Bonchev–Trinajstić information content (AvgIpc) is 3.25. The van der Waals surface area contributed by atoms with Gasteiger partial charge in [0.25, 0.3) is 0 Å². The van der Waals surface area contributed by atoms with Crippen molar-refractivity contribution < 1.29 is 4.42 Å². The van der Waals surface area contributed by atoms with Gasteiger partial charge in [0.1, 0.15) is 11.2 Å². The molecule has 7 aromatic rings. The van der Waals surface area contributed by atoms with E-state index in [9.17, 15) is 0 Å². The molecule has 2 aromatic heterocycles. The maximum Gasteiger partial charge on any atom is 0.135 e. The summed E-state index contributed by atoms with van der Waals surface area (Å²) in [4.78, 5) is 1.48. The Morgan fingerprint density at radius 2 is 1.03 bits per heavy atom. The van der Waals surface area contributed by atoms with Crippen LogP contribution in [0, 0.1) is 27.7 Å². The molecule has 0 unspecified atom stereocenters. The molecule has 0 N–H and O–H groups in total. The quantitative estimate of drug-likeness (QED) is 0.173. The summed E-state index contributed by atoms with van der Waals surface area (Å²) in [6, 6.07) is 36.5. The van der Waals surface area contributed by atoms with Crippen molar-refractivity contribution in [3.63, 3.8) is 0 Å². The Balaban J connectivity index is 1.68. The molecular weight excluding hydrogens is 464 g/mol. The summed E-state index contributed by atoms with van der Waals surface area (Å²) >= 11 is 0. The first-order valence-electron chi connectivity index (χ1n) is 12.9. The molecule has 0 bridgehead atoms. The Labute approximate surface area is 218 Å². The second-order valence-electron chi connectivity index (χ2n) is 10.5. The van der Waals surface area contributed by atoms with E-state index in [1.54, 1.807) is 0 Å². The van der Waals surface area contributed by atoms with Gasteiger partial charge >= 0.3 is 0 Å². The van der Waals surface area contributed by atoms with E-state index in [1.165, 1.54) is 70.1 Å². The van der Waals surface area contributed by atoms with Crippen LogP contribution in [0.25, 0.3) is 59.0 Å². The number of fused-ring (bicyclic) bond motifs is 6. The number of furan rings is 1. The van der Waals surface area contributed by atoms with Crippen LogP contribution in [0.1, 0.15) is 22.3 Å². The van der Waals surface area contributed by atoms with Crippen LogP contribution < -0.4 is 0 Å². The number of hydrogen-bond acceptors (Lipinski definition) is 1. The van der Waals surface area contributed by atoms with Crippen LogP contribution in [0.2, 0.25) is 0 Å². The Hall–Kier alpha value is -4.01. The van der Waals surface area contributed by atoms with E-state index in [1.807, 2.05) is 0 Å². The maximum absolute atomic E-state index is 6.23. The van der Waals surface area contributed by atoms with Crippen molar-refractivity contribution >= 4 is 51.5 Å². The molecule has 0 fully saturated rings. The van der Waals surface area contributed by atoms with Crippen LogP contribution in [0.3, 0.4) is 0 Å². The van der Waals surface area contributed by atoms with Crippen molar-refractivity contribution in [2.75, 3.05) is 0 Å². The number of benzene rings is 5. The van der Waals surface area contributed by atoms with Gasteiger partial charge < -0.3 is 4.42 Å². The number of rotatable bonds is 2. The molecule has 0 amide bonds. The summed E-state index contributed by atoms with van der Waals surface area (Å²) in [6.45, 7) is 8.74. The molecular formula is C35H28OSi. The third-order valence-electron chi connectivity index (χ3n) is 7.68. The van der Waals surface area contributed by atoms with Crippen molar-refractivity contribution in [3.8, 4) is 15.9 Å². The predicted molar refractivity (Wildman–Crippen MR) is 160 cm³/mol. The van der Waals surface area contributed by atoms with Gasteiger partial charge in [0.05, 0.1) is 8.40 Å². The highest BCUT2D eigenvalue weighted by molar-refractivity contribution is 6.83. The smallest absolute Gasteiger partial charge is 0.135 e. The Morgan fingerprint density at radius 1 is 0.459 bits per heavy atom. The van der Waals surface area contributed by atoms with E-state index in [2.05, 4.69) is 125 Å². The van der Waals surface area contributed by atoms with Gasteiger partial charge in [-0.25, -0.2) is 0 Å². The fourth-order valence-corrected chi connectivity index (χ4v) is 8.98. The van der Waals surface area contributed by atoms with Crippen LogP contribution in [0.4, 0.5) is 0 Å². The number of hydrogen-bond donors (Lipinski definition) is 0. The highest BCUT2D eigenvalue weighted by atomic mass is 28.2. The van der Waals surface area contributed by atoms with E-state index >= 15 is 0 Å². The zero-order valence-electron chi connectivity index (χ0n) is 21.6. The Morgan fingerprint density at radius 3 is 1.78 bits per heavy atom. The summed E-state index contributed by atoms with van der Waals surface area (Å²) in [5, 5.41) is 9.37. The number of aryl methyl sites for hydroxylation is 4. The molecule has 5 aromatic carbocycles. The second-order valence-corrected chi connectivity index (χ2v) is 12.9. The molecule has 37 heavy (non-hydrogen) atoms. The van der Waals surface area contributed by atoms with Gasteiger partial charge in [-0.2, -0.15) is 0 Å². The van der Waals surface area contributed by atoms with Crippen LogP contribution in [0.15, 0.2) is 101 Å². The summed E-state index contributed by atoms with van der Waals surface area (Å²) in [5.41, 5.74) is 8.35. The summed E-state index contributed by atoms with van der Waals surface area (Å²) in [5.74, 6) is 0. The van der Waals surface area contributed by atoms with Crippen molar-refractivity contribution in [1.82, 2.24) is 0 Å². The summed E-state index contributed by atoms with van der Waals surface area (Å²) in [7, 11) is -1.27. The largest absolute Gasteiger partial charge is 0.456 e.